The molecule has 0 spiro atoms. The second-order valence-electron chi connectivity index (χ2n) is 4.83. The van der Waals surface area contributed by atoms with Crippen LogP contribution in [0.25, 0.3) is 0 Å². The molecular formula is C14H16Cl2O. The van der Waals surface area contributed by atoms with Crippen molar-refractivity contribution in [3.8, 4) is 0 Å². The van der Waals surface area contributed by atoms with Crippen LogP contribution in [0.4, 0.5) is 0 Å². The van der Waals surface area contributed by atoms with Crippen LogP contribution in [0.3, 0.4) is 0 Å². The lowest BCUT2D eigenvalue weighted by Gasteiger charge is -2.42. The highest BCUT2D eigenvalue weighted by atomic mass is 35.5. The standard InChI is InChI=1S/C14H16Cl2O/c1-2-11(17)9-14(6-3-7-14)10-4-5-12(15)13(16)8-10/h4-5,8H,2-3,6-7,9H2,1H3. The van der Waals surface area contributed by atoms with Gasteiger partial charge in [-0.3, -0.25) is 4.79 Å². The minimum atomic E-state index is 0.0291. The Morgan fingerprint density at radius 3 is 2.47 bits per heavy atom. The van der Waals surface area contributed by atoms with Crippen molar-refractivity contribution in [3.63, 3.8) is 0 Å². The maximum absolute atomic E-state index is 11.7. The molecule has 0 unspecified atom stereocenters. The van der Waals surface area contributed by atoms with Crippen LogP contribution < -0.4 is 0 Å². The van der Waals surface area contributed by atoms with Gasteiger partial charge in [0.05, 0.1) is 10.0 Å². The molecule has 0 heterocycles. The van der Waals surface area contributed by atoms with E-state index in [2.05, 4.69) is 0 Å². The molecule has 0 N–H and O–H groups in total. The molecule has 0 amide bonds. The molecule has 1 aliphatic carbocycles. The van der Waals surface area contributed by atoms with Gasteiger partial charge in [0.2, 0.25) is 0 Å². The predicted molar refractivity (Wildman–Crippen MR) is 71.9 cm³/mol. The first-order valence-corrected chi connectivity index (χ1v) is 6.80. The van der Waals surface area contributed by atoms with Gasteiger partial charge >= 0.3 is 0 Å². The van der Waals surface area contributed by atoms with Crippen molar-refractivity contribution >= 4 is 29.0 Å². The molecule has 3 heteroatoms. The molecule has 0 saturated heterocycles. The zero-order chi connectivity index (χ0) is 12.5. The average Bonchev–Trinajstić information content (AvgIpc) is 2.27. The molecule has 1 aromatic carbocycles. The first-order chi connectivity index (χ1) is 8.07. The van der Waals surface area contributed by atoms with Gasteiger partial charge in [0, 0.05) is 18.3 Å². The molecule has 92 valence electrons. The van der Waals surface area contributed by atoms with Crippen molar-refractivity contribution in [2.75, 3.05) is 0 Å². The van der Waals surface area contributed by atoms with E-state index in [0.717, 1.165) is 12.8 Å². The highest BCUT2D eigenvalue weighted by Crippen LogP contribution is 2.47. The average molecular weight is 271 g/mol. The third-order valence-corrected chi connectivity index (χ3v) is 4.51. The Morgan fingerprint density at radius 1 is 1.29 bits per heavy atom. The van der Waals surface area contributed by atoms with E-state index in [0.29, 0.717) is 28.7 Å². The van der Waals surface area contributed by atoms with Crippen molar-refractivity contribution in [1.82, 2.24) is 0 Å². The Hall–Kier alpha value is -0.530. The SMILES string of the molecule is CCC(=O)CC1(c2ccc(Cl)c(Cl)c2)CCC1. The van der Waals surface area contributed by atoms with Crippen molar-refractivity contribution in [3.05, 3.63) is 33.8 Å². The number of hydrogen-bond acceptors (Lipinski definition) is 1. The van der Waals surface area contributed by atoms with Gasteiger partial charge in [0.1, 0.15) is 5.78 Å². The maximum Gasteiger partial charge on any atom is 0.133 e. The molecule has 0 aromatic heterocycles. The normalized spacial score (nSPS) is 17.6. The highest BCUT2D eigenvalue weighted by molar-refractivity contribution is 6.42. The topological polar surface area (TPSA) is 17.1 Å². The molecule has 1 saturated carbocycles. The summed E-state index contributed by atoms with van der Waals surface area (Å²) < 4.78 is 0. The Bertz CT molecular complexity index is 436. The van der Waals surface area contributed by atoms with Crippen LogP contribution in [0.2, 0.25) is 10.0 Å². The van der Waals surface area contributed by atoms with E-state index < -0.39 is 0 Å². The minimum absolute atomic E-state index is 0.0291. The van der Waals surface area contributed by atoms with Crippen LogP contribution >= 0.6 is 23.2 Å². The smallest absolute Gasteiger partial charge is 0.133 e. The lowest BCUT2D eigenvalue weighted by atomic mass is 9.62. The number of carbonyl (C=O) groups excluding carboxylic acids is 1. The van der Waals surface area contributed by atoms with Crippen LogP contribution in [0, 0.1) is 0 Å². The lowest BCUT2D eigenvalue weighted by Crippen LogP contribution is -2.36. The van der Waals surface area contributed by atoms with Crippen LogP contribution in [0.1, 0.15) is 44.6 Å². The fourth-order valence-corrected chi connectivity index (χ4v) is 2.80. The van der Waals surface area contributed by atoms with Crippen LogP contribution in [0.15, 0.2) is 18.2 Å². The number of Topliss-reactive ketones (excluding diaryl/α,β-unsaturated/α-hetero) is 1. The molecule has 1 fully saturated rings. The third kappa shape index (κ3) is 2.51. The summed E-state index contributed by atoms with van der Waals surface area (Å²) in [4.78, 5) is 11.7. The summed E-state index contributed by atoms with van der Waals surface area (Å²) in [5, 5.41) is 1.16. The second-order valence-corrected chi connectivity index (χ2v) is 5.65. The first kappa shape index (κ1) is 12.9. The maximum atomic E-state index is 11.7. The molecule has 0 radical (unpaired) electrons. The molecule has 17 heavy (non-hydrogen) atoms. The second kappa shape index (κ2) is 4.99. The summed E-state index contributed by atoms with van der Waals surface area (Å²) in [6.07, 6.45) is 4.61. The largest absolute Gasteiger partial charge is 0.300 e. The molecule has 1 aliphatic rings. The van der Waals surface area contributed by atoms with Crippen molar-refractivity contribution < 1.29 is 4.79 Å². The van der Waals surface area contributed by atoms with Gasteiger partial charge in [-0.1, -0.05) is 42.6 Å². The summed E-state index contributed by atoms with van der Waals surface area (Å²) in [5.41, 5.74) is 1.20. The Labute approximate surface area is 112 Å². The summed E-state index contributed by atoms with van der Waals surface area (Å²) in [5.74, 6) is 0.329. The number of ketones is 1. The van der Waals surface area contributed by atoms with E-state index in [4.69, 9.17) is 23.2 Å². The molecular weight excluding hydrogens is 255 g/mol. The summed E-state index contributed by atoms with van der Waals surface area (Å²) >= 11 is 12.0. The van der Waals surface area contributed by atoms with Gasteiger partial charge in [-0.25, -0.2) is 0 Å². The summed E-state index contributed by atoms with van der Waals surface area (Å²) in [6.45, 7) is 1.92. The number of rotatable bonds is 4. The van der Waals surface area contributed by atoms with E-state index in [1.54, 1.807) is 0 Å². The molecule has 2 rings (SSSR count). The molecule has 0 atom stereocenters. The van der Waals surface area contributed by atoms with Crippen LogP contribution in [0.5, 0.6) is 0 Å². The summed E-state index contributed by atoms with van der Waals surface area (Å²) in [6, 6.07) is 5.76. The number of carbonyl (C=O) groups is 1. The first-order valence-electron chi connectivity index (χ1n) is 6.04. The van der Waals surface area contributed by atoms with Gasteiger partial charge < -0.3 is 0 Å². The van der Waals surface area contributed by atoms with Gasteiger partial charge in [0.15, 0.2) is 0 Å². The fraction of sp³-hybridized carbons (Fsp3) is 0.500. The lowest BCUT2D eigenvalue weighted by molar-refractivity contribution is -0.120. The van der Waals surface area contributed by atoms with Gasteiger partial charge in [0.25, 0.3) is 0 Å². The Morgan fingerprint density at radius 2 is 2.00 bits per heavy atom. The quantitative estimate of drug-likeness (QED) is 0.769. The monoisotopic (exact) mass is 270 g/mol. The molecule has 1 nitrogen and oxygen atoms in total. The van der Waals surface area contributed by atoms with Crippen LogP contribution in [-0.4, -0.2) is 5.78 Å². The van der Waals surface area contributed by atoms with Crippen molar-refractivity contribution in [2.24, 2.45) is 0 Å². The van der Waals surface area contributed by atoms with E-state index in [1.807, 2.05) is 25.1 Å². The molecule has 0 bridgehead atoms. The fourth-order valence-electron chi connectivity index (χ4n) is 2.50. The van der Waals surface area contributed by atoms with Gasteiger partial charge in [-0.2, -0.15) is 0 Å². The molecule has 1 aromatic rings. The van der Waals surface area contributed by atoms with E-state index in [1.165, 1.54) is 12.0 Å². The van der Waals surface area contributed by atoms with E-state index in [-0.39, 0.29) is 5.41 Å². The molecule has 0 aliphatic heterocycles. The van der Waals surface area contributed by atoms with Gasteiger partial charge in [-0.05, 0) is 30.5 Å². The van der Waals surface area contributed by atoms with Gasteiger partial charge in [-0.15, -0.1) is 0 Å². The van der Waals surface area contributed by atoms with Crippen LogP contribution in [-0.2, 0) is 10.2 Å². The Kier molecular flexibility index (Phi) is 3.79. The van der Waals surface area contributed by atoms with Crippen molar-refractivity contribution in [2.45, 2.75) is 44.4 Å². The zero-order valence-electron chi connectivity index (χ0n) is 9.93. The highest BCUT2D eigenvalue weighted by Gasteiger charge is 2.40. The predicted octanol–water partition coefficient (Wildman–Crippen LogP) is 4.78. The third-order valence-electron chi connectivity index (χ3n) is 3.77. The zero-order valence-corrected chi connectivity index (χ0v) is 11.4. The van der Waals surface area contributed by atoms with Crippen molar-refractivity contribution in [1.29, 1.82) is 0 Å². The minimum Gasteiger partial charge on any atom is -0.300 e. The van der Waals surface area contributed by atoms with E-state index >= 15 is 0 Å². The number of halogens is 2. The summed E-state index contributed by atoms with van der Waals surface area (Å²) in [7, 11) is 0. The van der Waals surface area contributed by atoms with E-state index in [9.17, 15) is 4.79 Å². The number of benzene rings is 1. The Balaban J connectivity index is 2.28. The number of hydrogen-bond donors (Lipinski definition) is 0.